The number of halogens is 1. The van der Waals surface area contributed by atoms with Gasteiger partial charge in [-0.2, -0.15) is 10.4 Å². The molecule has 7 nitrogen and oxygen atoms in total. The molecule has 4 rings (SSSR count). The van der Waals surface area contributed by atoms with Crippen molar-refractivity contribution in [1.29, 1.82) is 5.26 Å². The number of aromatic nitrogens is 2. The lowest BCUT2D eigenvalue weighted by Crippen LogP contribution is -2.15. The molecule has 1 N–H and O–H groups in total. The summed E-state index contributed by atoms with van der Waals surface area (Å²) >= 11 is 6.27. The predicted molar refractivity (Wildman–Crippen MR) is 130 cm³/mol. The van der Waals surface area contributed by atoms with Crippen LogP contribution in [-0.2, 0) is 6.61 Å². The molecule has 0 unspecified atom stereocenters. The molecule has 2 heterocycles. The van der Waals surface area contributed by atoms with Crippen LogP contribution < -0.4 is 10.1 Å². The highest BCUT2D eigenvalue weighted by Gasteiger charge is 2.19. The minimum Gasteiger partial charge on any atom is -0.485 e. The van der Waals surface area contributed by atoms with E-state index in [1.165, 1.54) is 10.9 Å². The number of nitriles is 1. The van der Waals surface area contributed by atoms with Gasteiger partial charge in [0.25, 0.3) is 5.91 Å². The van der Waals surface area contributed by atoms with E-state index in [1.54, 1.807) is 12.1 Å². The maximum Gasteiger partial charge on any atom is 0.292 e. The molecule has 0 atom stereocenters. The summed E-state index contributed by atoms with van der Waals surface area (Å²) in [6.07, 6.45) is 1.41. The number of ether oxygens (including phenoxy) is 1. The number of nitrogens with one attached hydrogen (secondary N) is 1. The number of anilines is 1. The first-order valence-electron chi connectivity index (χ1n) is 10.7. The summed E-state index contributed by atoms with van der Waals surface area (Å²) < 4.78 is 13.2. The van der Waals surface area contributed by atoms with Crippen LogP contribution in [0, 0.1) is 18.3 Å². The van der Waals surface area contributed by atoms with Gasteiger partial charge in [0.15, 0.2) is 11.6 Å². The molecule has 0 aliphatic heterocycles. The van der Waals surface area contributed by atoms with E-state index >= 15 is 0 Å². The summed E-state index contributed by atoms with van der Waals surface area (Å²) in [6, 6.07) is 18.4. The Morgan fingerprint density at radius 2 is 2.00 bits per heavy atom. The molecular weight excluding hydrogens is 452 g/mol. The minimum absolute atomic E-state index is 0.0969. The first kappa shape index (κ1) is 23.1. The van der Waals surface area contributed by atoms with Crippen molar-refractivity contribution in [1.82, 2.24) is 9.78 Å². The molecule has 0 fully saturated rings. The Balaban J connectivity index is 1.50. The molecule has 0 spiro atoms. The second-order valence-corrected chi connectivity index (χ2v) is 8.48. The molecule has 0 bridgehead atoms. The lowest BCUT2D eigenvalue weighted by molar-refractivity contribution is 0.0992. The monoisotopic (exact) mass is 474 g/mol. The van der Waals surface area contributed by atoms with Crippen molar-refractivity contribution in [2.75, 3.05) is 5.32 Å². The number of carbonyl (C=O) groups is 1. The molecule has 172 valence electrons. The molecule has 2 aromatic carbocycles. The number of furan rings is 1. The lowest BCUT2D eigenvalue weighted by Gasteiger charge is -2.15. The van der Waals surface area contributed by atoms with E-state index in [2.05, 4.69) is 30.3 Å². The average molecular weight is 475 g/mol. The van der Waals surface area contributed by atoms with Gasteiger partial charge in [-0.05, 0) is 60.4 Å². The highest BCUT2D eigenvalue weighted by molar-refractivity contribution is 6.31. The molecule has 0 aliphatic carbocycles. The van der Waals surface area contributed by atoms with Crippen LogP contribution in [-0.4, -0.2) is 15.7 Å². The Labute approximate surface area is 202 Å². The lowest BCUT2D eigenvalue weighted by atomic mass is 10.0. The van der Waals surface area contributed by atoms with Crippen molar-refractivity contribution < 1.29 is 13.9 Å². The van der Waals surface area contributed by atoms with E-state index in [0.717, 1.165) is 16.9 Å². The highest BCUT2D eigenvalue weighted by atomic mass is 35.5. The van der Waals surface area contributed by atoms with Crippen LogP contribution in [0.15, 0.2) is 65.2 Å². The van der Waals surface area contributed by atoms with E-state index in [9.17, 15) is 10.1 Å². The molecule has 0 aliphatic rings. The van der Waals surface area contributed by atoms with Crippen LogP contribution in [0.4, 0.5) is 5.82 Å². The molecule has 0 saturated heterocycles. The van der Waals surface area contributed by atoms with Gasteiger partial charge in [0, 0.05) is 5.02 Å². The number of aryl methyl sites for hydroxylation is 1. The third-order valence-electron chi connectivity index (χ3n) is 5.29. The van der Waals surface area contributed by atoms with E-state index in [1.807, 2.05) is 49.4 Å². The summed E-state index contributed by atoms with van der Waals surface area (Å²) in [4.78, 5) is 12.9. The third-order valence-corrected chi connectivity index (χ3v) is 5.70. The van der Waals surface area contributed by atoms with Gasteiger partial charge in [-0.1, -0.05) is 43.6 Å². The van der Waals surface area contributed by atoms with Crippen molar-refractivity contribution in [3.05, 3.63) is 94.0 Å². The summed E-state index contributed by atoms with van der Waals surface area (Å²) in [7, 11) is 0. The first-order chi connectivity index (χ1) is 16.4. The number of amides is 1. The molecule has 1 amide bonds. The summed E-state index contributed by atoms with van der Waals surface area (Å²) in [5.41, 5.74) is 2.88. The SMILES string of the molecule is Cc1cc(OCc2ccc(C(=O)Nc3c(C#N)cnn3-c3ccccc3)o2)c(C(C)C)cc1Cl. The fourth-order valence-corrected chi connectivity index (χ4v) is 3.63. The van der Waals surface area contributed by atoms with Crippen molar-refractivity contribution in [3.8, 4) is 17.5 Å². The Morgan fingerprint density at radius 1 is 1.24 bits per heavy atom. The van der Waals surface area contributed by atoms with E-state index in [-0.39, 0.29) is 29.7 Å². The maximum absolute atomic E-state index is 12.9. The largest absolute Gasteiger partial charge is 0.485 e. The number of carbonyl (C=O) groups excluding carboxylic acids is 1. The number of para-hydroxylation sites is 1. The standard InChI is InChI=1S/C26H23ClN4O3/c1-16(2)21-12-22(27)17(3)11-24(21)33-15-20-9-10-23(34-20)26(32)30-25-18(13-28)14-29-31(25)19-7-5-4-6-8-19/h4-12,14,16H,15H2,1-3H3,(H,30,32). The Morgan fingerprint density at radius 3 is 2.71 bits per heavy atom. The van der Waals surface area contributed by atoms with Gasteiger partial charge in [0.2, 0.25) is 0 Å². The van der Waals surface area contributed by atoms with Gasteiger partial charge in [0.1, 0.15) is 29.7 Å². The van der Waals surface area contributed by atoms with Crippen LogP contribution in [0.5, 0.6) is 5.75 Å². The number of nitrogens with zero attached hydrogens (tertiary/aromatic N) is 3. The Kier molecular flexibility index (Phi) is 6.71. The summed E-state index contributed by atoms with van der Waals surface area (Å²) in [5.74, 6) is 1.32. The second kappa shape index (κ2) is 9.86. The smallest absolute Gasteiger partial charge is 0.292 e. The Hall–Kier alpha value is -4.02. The molecule has 4 aromatic rings. The fraction of sp³-hybridized carbons (Fsp3) is 0.192. The van der Waals surface area contributed by atoms with Crippen molar-refractivity contribution in [2.24, 2.45) is 0 Å². The number of hydrogen-bond acceptors (Lipinski definition) is 5. The van der Waals surface area contributed by atoms with E-state index in [0.29, 0.717) is 16.5 Å². The van der Waals surface area contributed by atoms with Gasteiger partial charge in [-0.15, -0.1) is 0 Å². The molecule has 0 saturated carbocycles. The van der Waals surface area contributed by atoms with Gasteiger partial charge in [-0.3, -0.25) is 4.79 Å². The topological polar surface area (TPSA) is 93.1 Å². The van der Waals surface area contributed by atoms with Crippen LogP contribution in [0.3, 0.4) is 0 Å². The maximum atomic E-state index is 12.9. The van der Waals surface area contributed by atoms with Gasteiger partial charge in [0.05, 0.1) is 11.9 Å². The Bertz CT molecular complexity index is 1370. The molecule has 0 radical (unpaired) electrons. The van der Waals surface area contributed by atoms with Gasteiger partial charge >= 0.3 is 0 Å². The van der Waals surface area contributed by atoms with Gasteiger partial charge in [-0.25, -0.2) is 4.68 Å². The molecule has 2 aromatic heterocycles. The zero-order valence-electron chi connectivity index (χ0n) is 19.0. The molecule has 34 heavy (non-hydrogen) atoms. The van der Waals surface area contributed by atoms with Crippen molar-refractivity contribution >= 4 is 23.3 Å². The van der Waals surface area contributed by atoms with Gasteiger partial charge < -0.3 is 14.5 Å². The quantitative estimate of drug-likeness (QED) is 0.341. The van der Waals surface area contributed by atoms with Crippen molar-refractivity contribution in [3.63, 3.8) is 0 Å². The normalized spacial score (nSPS) is 10.8. The molecule has 8 heteroatoms. The predicted octanol–water partition coefficient (Wildman–Crippen LogP) is 6.25. The number of benzene rings is 2. The molecular formula is C26H23ClN4O3. The zero-order chi connectivity index (χ0) is 24.2. The fourth-order valence-electron chi connectivity index (χ4n) is 3.46. The third kappa shape index (κ3) is 4.82. The van der Waals surface area contributed by atoms with E-state index < -0.39 is 5.91 Å². The summed E-state index contributed by atoms with van der Waals surface area (Å²) in [5, 5.41) is 17.1. The minimum atomic E-state index is -0.495. The average Bonchev–Trinajstić information content (AvgIpc) is 3.47. The van der Waals surface area contributed by atoms with Crippen molar-refractivity contribution in [2.45, 2.75) is 33.3 Å². The van der Waals surface area contributed by atoms with Crippen LogP contribution >= 0.6 is 11.6 Å². The number of rotatable bonds is 7. The highest BCUT2D eigenvalue weighted by Crippen LogP contribution is 2.32. The number of hydrogen-bond donors (Lipinski definition) is 1. The first-order valence-corrected chi connectivity index (χ1v) is 11.1. The zero-order valence-corrected chi connectivity index (χ0v) is 19.8. The summed E-state index contributed by atoms with van der Waals surface area (Å²) in [6.45, 7) is 6.21. The van der Waals surface area contributed by atoms with Crippen LogP contribution in [0.1, 0.15) is 52.8 Å². The van der Waals surface area contributed by atoms with Crippen LogP contribution in [0.25, 0.3) is 5.69 Å². The van der Waals surface area contributed by atoms with E-state index in [4.69, 9.17) is 20.8 Å². The second-order valence-electron chi connectivity index (χ2n) is 8.07. The van der Waals surface area contributed by atoms with Crippen LogP contribution in [0.2, 0.25) is 5.02 Å².